The van der Waals surface area contributed by atoms with E-state index in [1.165, 1.54) is 24.8 Å². The molecular weight excluding hydrogens is 442 g/mol. The Labute approximate surface area is 178 Å². The lowest BCUT2D eigenvalue weighted by molar-refractivity contribution is 0.386. The van der Waals surface area contributed by atoms with E-state index >= 15 is 0 Å². The van der Waals surface area contributed by atoms with Crippen molar-refractivity contribution in [1.29, 1.82) is 0 Å². The standard InChI is InChI=1S/C21H21BrClN3S/c1-14-5-10-17(13-18(14)22)26-20(27)25-19(21(26)11-3-2-4-12-21)24-16-8-6-15(23)7-9-16/h5-10,13H,2-4,11-12H2,1H3,(H,24,25,27). The Hall–Kier alpha value is -1.43. The molecule has 1 aliphatic carbocycles. The van der Waals surface area contributed by atoms with E-state index in [-0.39, 0.29) is 5.54 Å². The Morgan fingerprint density at radius 3 is 2.48 bits per heavy atom. The number of halogens is 2. The van der Waals surface area contributed by atoms with Gasteiger partial charge in [0.15, 0.2) is 0 Å². The lowest BCUT2D eigenvalue weighted by Gasteiger charge is -2.43. The second-order valence-electron chi connectivity index (χ2n) is 7.24. The Bertz CT molecular complexity index is 904. The van der Waals surface area contributed by atoms with Crippen LogP contribution in [0.4, 0.5) is 11.4 Å². The zero-order valence-electron chi connectivity index (χ0n) is 15.1. The summed E-state index contributed by atoms with van der Waals surface area (Å²) in [4.78, 5) is 7.06. The Balaban J connectivity index is 1.73. The molecule has 1 N–H and O–H groups in total. The van der Waals surface area contributed by atoms with Crippen molar-refractivity contribution in [3.05, 3.63) is 57.5 Å². The summed E-state index contributed by atoms with van der Waals surface area (Å²) in [6.07, 6.45) is 5.69. The molecular formula is C21H21BrClN3S. The summed E-state index contributed by atoms with van der Waals surface area (Å²) >= 11 is 15.4. The SMILES string of the molecule is Cc1ccc(N2C(=S)N=C(Nc3ccc(Cl)cc3)C23CCCCC3)cc1Br. The van der Waals surface area contributed by atoms with E-state index in [1.54, 1.807) is 0 Å². The number of aryl methyl sites for hydroxylation is 1. The zero-order chi connectivity index (χ0) is 19.0. The van der Waals surface area contributed by atoms with Crippen molar-refractivity contribution in [3.8, 4) is 0 Å². The number of hydrogen-bond acceptors (Lipinski definition) is 2. The van der Waals surface area contributed by atoms with E-state index in [0.29, 0.717) is 5.11 Å². The molecule has 4 rings (SSSR count). The number of nitrogens with zero attached hydrogens (tertiary/aromatic N) is 2. The summed E-state index contributed by atoms with van der Waals surface area (Å²) in [5, 5.41) is 4.89. The molecule has 0 atom stereocenters. The molecule has 0 bridgehead atoms. The second-order valence-corrected chi connectivity index (χ2v) is 8.89. The Morgan fingerprint density at radius 1 is 1.11 bits per heavy atom. The molecule has 6 heteroatoms. The summed E-state index contributed by atoms with van der Waals surface area (Å²) < 4.78 is 1.09. The van der Waals surface area contributed by atoms with Gasteiger partial charge in [-0.1, -0.05) is 52.9 Å². The Kier molecular flexibility index (Phi) is 5.28. The van der Waals surface area contributed by atoms with Gasteiger partial charge >= 0.3 is 0 Å². The predicted octanol–water partition coefficient (Wildman–Crippen LogP) is 6.73. The third-order valence-electron chi connectivity index (χ3n) is 5.47. The predicted molar refractivity (Wildman–Crippen MR) is 122 cm³/mol. The van der Waals surface area contributed by atoms with Crippen LogP contribution in [0.5, 0.6) is 0 Å². The van der Waals surface area contributed by atoms with Crippen molar-refractivity contribution >= 4 is 62.1 Å². The van der Waals surface area contributed by atoms with E-state index in [2.05, 4.69) is 51.3 Å². The van der Waals surface area contributed by atoms with Gasteiger partial charge in [0.05, 0.1) is 0 Å². The van der Waals surface area contributed by atoms with Crippen LogP contribution in [0.15, 0.2) is 51.9 Å². The van der Waals surface area contributed by atoms with Gasteiger partial charge in [0.1, 0.15) is 11.4 Å². The van der Waals surface area contributed by atoms with Crippen molar-refractivity contribution in [2.75, 3.05) is 10.2 Å². The van der Waals surface area contributed by atoms with E-state index < -0.39 is 0 Å². The number of amidine groups is 1. The normalized spacial score (nSPS) is 18.7. The maximum atomic E-state index is 6.03. The highest BCUT2D eigenvalue weighted by Gasteiger charge is 2.49. The number of hydrogen-bond donors (Lipinski definition) is 1. The van der Waals surface area contributed by atoms with Gasteiger partial charge in [-0.2, -0.15) is 0 Å². The molecule has 1 aliphatic heterocycles. The van der Waals surface area contributed by atoms with Crippen LogP contribution in [0.1, 0.15) is 37.7 Å². The minimum atomic E-state index is -0.205. The van der Waals surface area contributed by atoms with E-state index in [9.17, 15) is 0 Å². The third kappa shape index (κ3) is 3.53. The fourth-order valence-electron chi connectivity index (χ4n) is 4.03. The first-order chi connectivity index (χ1) is 13.0. The van der Waals surface area contributed by atoms with Crippen LogP contribution in [-0.2, 0) is 0 Å². The van der Waals surface area contributed by atoms with Crippen molar-refractivity contribution in [3.63, 3.8) is 0 Å². The summed E-state index contributed by atoms with van der Waals surface area (Å²) in [6, 6.07) is 14.2. The molecule has 140 valence electrons. The summed E-state index contributed by atoms with van der Waals surface area (Å²) in [5.74, 6) is 0.950. The van der Waals surface area contributed by atoms with Gasteiger partial charge in [0.25, 0.3) is 0 Å². The molecule has 2 aromatic carbocycles. The number of benzene rings is 2. The highest BCUT2D eigenvalue weighted by molar-refractivity contribution is 9.10. The largest absolute Gasteiger partial charge is 0.342 e. The minimum Gasteiger partial charge on any atom is -0.342 e. The maximum absolute atomic E-state index is 6.03. The highest BCUT2D eigenvalue weighted by Crippen LogP contribution is 2.43. The molecule has 0 aromatic heterocycles. The average molecular weight is 463 g/mol. The molecule has 0 amide bonds. The highest BCUT2D eigenvalue weighted by atomic mass is 79.9. The molecule has 0 unspecified atom stereocenters. The van der Waals surface area contributed by atoms with Crippen molar-refractivity contribution in [1.82, 2.24) is 0 Å². The van der Waals surface area contributed by atoms with Gasteiger partial charge in [0.2, 0.25) is 5.11 Å². The first kappa shape index (κ1) is 18.9. The smallest absolute Gasteiger partial charge is 0.202 e. The molecule has 2 aliphatic rings. The summed E-state index contributed by atoms with van der Waals surface area (Å²) in [6.45, 7) is 2.09. The van der Waals surface area contributed by atoms with Crippen LogP contribution < -0.4 is 10.2 Å². The van der Waals surface area contributed by atoms with Gasteiger partial charge in [0, 0.05) is 20.9 Å². The third-order valence-corrected chi connectivity index (χ3v) is 6.85. The lowest BCUT2D eigenvalue weighted by Crippen LogP contribution is -2.55. The van der Waals surface area contributed by atoms with Gasteiger partial charge in [-0.05, 0) is 73.9 Å². The molecule has 1 saturated carbocycles. The topological polar surface area (TPSA) is 27.6 Å². The van der Waals surface area contributed by atoms with E-state index in [1.807, 2.05) is 24.3 Å². The minimum absolute atomic E-state index is 0.205. The molecule has 27 heavy (non-hydrogen) atoms. The number of nitrogens with one attached hydrogen (secondary N) is 1. The van der Waals surface area contributed by atoms with Gasteiger partial charge in [-0.25, -0.2) is 4.99 Å². The quantitative estimate of drug-likeness (QED) is 0.501. The Morgan fingerprint density at radius 2 is 1.81 bits per heavy atom. The van der Waals surface area contributed by atoms with Crippen LogP contribution in [0.25, 0.3) is 0 Å². The molecule has 1 heterocycles. The van der Waals surface area contributed by atoms with Crippen molar-refractivity contribution in [2.24, 2.45) is 4.99 Å². The summed E-state index contributed by atoms with van der Waals surface area (Å²) in [7, 11) is 0. The molecule has 0 radical (unpaired) electrons. The fraction of sp³-hybridized carbons (Fsp3) is 0.333. The second kappa shape index (κ2) is 7.53. The zero-order valence-corrected chi connectivity index (χ0v) is 18.3. The van der Waals surface area contributed by atoms with Crippen molar-refractivity contribution < 1.29 is 0 Å². The fourth-order valence-corrected chi connectivity index (χ4v) is 4.89. The van der Waals surface area contributed by atoms with Gasteiger partial charge < -0.3 is 10.2 Å². The first-order valence-electron chi connectivity index (χ1n) is 9.22. The van der Waals surface area contributed by atoms with E-state index in [0.717, 1.165) is 39.5 Å². The molecule has 1 spiro atoms. The molecule has 2 aromatic rings. The van der Waals surface area contributed by atoms with Gasteiger partial charge in [-0.3, -0.25) is 0 Å². The van der Waals surface area contributed by atoms with Crippen LogP contribution in [0.3, 0.4) is 0 Å². The van der Waals surface area contributed by atoms with Crippen molar-refractivity contribution in [2.45, 2.75) is 44.6 Å². The summed E-state index contributed by atoms with van der Waals surface area (Å²) in [5.41, 5.74) is 3.08. The van der Waals surface area contributed by atoms with Crippen LogP contribution in [0, 0.1) is 6.92 Å². The molecule has 3 nitrogen and oxygen atoms in total. The van der Waals surface area contributed by atoms with Crippen LogP contribution >= 0.6 is 39.7 Å². The van der Waals surface area contributed by atoms with Gasteiger partial charge in [-0.15, -0.1) is 0 Å². The van der Waals surface area contributed by atoms with Crippen LogP contribution in [0.2, 0.25) is 5.02 Å². The van der Waals surface area contributed by atoms with Crippen LogP contribution in [-0.4, -0.2) is 16.5 Å². The van der Waals surface area contributed by atoms with E-state index in [4.69, 9.17) is 28.8 Å². The maximum Gasteiger partial charge on any atom is 0.202 e. The molecule has 0 saturated heterocycles. The lowest BCUT2D eigenvalue weighted by atomic mass is 9.79. The number of thiocarbonyl (C=S) groups is 1. The number of anilines is 2. The molecule has 1 fully saturated rings. The average Bonchev–Trinajstić information content (AvgIpc) is 2.91. The monoisotopic (exact) mass is 461 g/mol. The number of rotatable bonds is 2. The number of aliphatic imine (C=N–C) groups is 1. The first-order valence-corrected chi connectivity index (χ1v) is 10.8.